The van der Waals surface area contributed by atoms with E-state index in [0.717, 1.165) is 18.9 Å². The van der Waals surface area contributed by atoms with Gasteiger partial charge in [-0.3, -0.25) is 5.32 Å². The van der Waals surface area contributed by atoms with Gasteiger partial charge in [-0.15, -0.1) is 0 Å². The number of rotatable bonds is 7. The number of likely N-dealkylation sites (tertiary alicyclic amines) is 1. The molecule has 3 nitrogen and oxygen atoms in total. The summed E-state index contributed by atoms with van der Waals surface area (Å²) in [7, 11) is 0. The van der Waals surface area contributed by atoms with Gasteiger partial charge in [0.05, 0.1) is 6.07 Å². The fourth-order valence-electron chi connectivity index (χ4n) is 2.96. The quantitative estimate of drug-likeness (QED) is 0.705. The van der Waals surface area contributed by atoms with Gasteiger partial charge in [0, 0.05) is 12.1 Å². The maximum absolute atomic E-state index is 9.29. The lowest BCUT2D eigenvalue weighted by atomic mass is 9.96. The molecule has 2 aliphatic rings. The van der Waals surface area contributed by atoms with E-state index in [1.807, 2.05) is 0 Å². The van der Waals surface area contributed by atoms with Gasteiger partial charge in [-0.2, -0.15) is 5.26 Å². The zero-order valence-corrected chi connectivity index (χ0v) is 11.9. The number of nitriles is 1. The molecule has 0 spiro atoms. The minimum absolute atomic E-state index is 0.294. The van der Waals surface area contributed by atoms with Gasteiger partial charge >= 0.3 is 0 Å². The van der Waals surface area contributed by atoms with Crippen LogP contribution in [0.1, 0.15) is 58.8 Å². The molecule has 0 aromatic rings. The Bertz CT molecular complexity index is 305. The average Bonchev–Trinajstić information content (AvgIpc) is 3.07. The summed E-state index contributed by atoms with van der Waals surface area (Å²) in [5.41, 5.74) is -0.294. The van der Waals surface area contributed by atoms with Crippen LogP contribution in [0.15, 0.2) is 0 Å². The molecule has 1 N–H and O–H groups in total. The lowest BCUT2D eigenvalue weighted by Crippen LogP contribution is -2.42. The van der Waals surface area contributed by atoms with E-state index >= 15 is 0 Å². The highest BCUT2D eigenvalue weighted by Gasteiger charge is 2.32. The van der Waals surface area contributed by atoms with Crippen molar-refractivity contribution in [2.45, 2.75) is 76.4 Å². The van der Waals surface area contributed by atoms with Gasteiger partial charge in [0.15, 0.2) is 0 Å². The highest BCUT2D eigenvalue weighted by atomic mass is 15.2. The molecule has 18 heavy (non-hydrogen) atoms. The zero-order valence-electron chi connectivity index (χ0n) is 11.9. The van der Waals surface area contributed by atoms with Crippen LogP contribution >= 0.6 is 0 Å². The third-order valence-electron chi connectivity index (χ3n) is 4.41. The highest BCUT2D eigenvalue weighted by molar-refractivity contribution is 5.06. The van der Waals surface area contributed by atoms with Crippen LogP contribution in [0.4, 0.5) is 0 Å². The van der Waals surface area contributed by atoms with Gasteiger partial charge in [0.1, 0.15) is 5.54 Å². The molecule has 0 amide bonds. The van der Waals surface area contributed by atoms with Crippen molar-refractivity contribution in [3.8, 4) is 6.07 Å². The fraction of sp³-hybridized carbons (Fsp3) is 0.933. The number of hydrogen-bond acceptors (Lipinski definition) is 3. The highest BCUT2D eigenvalue weighted by Crippen LogP contribution is 2.25. The van der Waals surface area contributed by atoms with Crippen molar-refractivity contribution in [2.75, 3.05) is 13.1 Å². The standard InChI is InChI=1S/C15H27N3/c1-13-6-5-11-18(13)10-4-3-9-15(2,12-16)17-14-7-8-14/h13-14,17H,3-11H2,1-2H3. The lowest BCUT2D eigenvalue weighted by Gasteiger charge is -2.25. The molecule has 1 aliphatic heterocycles. The second-order valence-electron chi connectivity index (χ2n) is 6.35. The minimum atomic E-state index is -0.294. The molecule has 102 valence electrons. The van der Waals surface area contributed by atoms with E-state index < -0.39 is 0 Å². The van der Waals surface area contributed by atoms with E-state index in [1.165, 1.54) is 45.2 Å². The Morgan fingerprint density at radius 3 is 2.67 bits per heavy atom. The molecule has 1 heterocycles. The van der Waals surface area contributed by atoms with E-state index in [0.29, 0.717) is 6.04 Å². The van der Waals surface area contributed by atoms with Crippen LogP contribution in [-0.2, 0) is 0 Å². The monoisotopic (exact) mass is 249 g/mol. The average molecular weight is 249 g/mol. The predicted octanol–water partition coefficient (Wildman–Crippen LogP) is 2.68. The summed E-state index contributed by atoms with van der Waals surface area (Å²) in [5, 5.41) is 12.8. The summed E-state index contributed by atoms with van der Waals surface area (Å²) in [4.78, 5) is 2.60. The van der Waals surface area contributed by atoms with Gasteiger partial charge in [-0.25, -0.2) is 0 Å². The fourth-order valence-corrected chi connectivity index (χ4v) is 2.96. The summed E-state index contributed by atoms with van der Waals surface area (Å²) in [6.45, 7) is 6.88. The molecule has 3 heteroatoms. The van der Waals surface area contributed by atoms with E-state index in [4.69, 9.17) is 0 Å². The Morgan fingerprint density at radius 2 is 2.11 bits per heavy atom. The molecule has 1 saturated carbocycles. The first-order chi connectivity index (χ1) is 8.63. The normalized spacial score (nSPS) is 27.9. The van der Waals surface area contributed by atoms with Gasteiger partial charge in [0.25, 0.3) is 0 Å². The summed E-state index contributed by atoms with van der Waals surface area (Å²) >= 11 is 0. The molecular weight excluding hydrogens is 222 g/mol. The Hall–Kier alpha value is -0.590. The lowest BCUT2D eigenvalue weighted by molar-refractivity contribution is 0.258. The molecule has 2 unspecified atom stereocenters. The maximum atomic E-state index is 9.29. The van der Waals surface area contributed by atoms with Crippen molar-refractivity contribution in [3.05, 3.63) is 0 Å². The van der Waals surface area contributed by atoms with Gasteiger partial charge in [-0.05, 0) is 71.9 Å². The van der Waals surface area contributed by atoms with Crippen molar-refractivity contribution in [3.63, 3.8) is 0 Å². The molecule has 0 aromatic carbocycles. The van der Waals surface area contributed by atoms with E-state index in [9.17, 15) is 5.26 Å². The Morgan fingerprint density at radius 1 is 1.33 bits per heavy atom. The van der Waals surface area contributed by atoms with Crippen LogP contribution in [0, 0.1) is 11.3 Å². The molecule has 2 rings (SSSR count). The van der Waals surface area contributed by atoms with E-state index in [2.05, 4.69) is 30.1 Å². The second-order valence-corrected chi connectivity index (χ2v) is 6.35. The second kappa shape index (κ2) is 6.04. The smallest absolute Gasteiger partial charge is 0.104 e. The number of nitrogens with one attached hydrogen (secondary N) is 1. The first-order valence-corrected chi connectivity index (χ1v) is 7.56. The molecule has 1 saturated heterocycles. The molecule has 2 atom stereocenters. The molecule has 1 aliphatic carbocycles. The molecule has 2 fully saturated rings. The number of unbranched alkanes of at least 4 members (excludes halogenated alkanes) is 1. The van der Waals surface area contributed by atoms with Crippen molar-refractivity contribution in [2.24, 2.45) is 0 Å². The maximum Gasteiger partial charge on any atom is 0.104 e. The largest absolute Gasteiger partial charge is 0.301 e. The summed E-state index contributed by atoms with van der Waals surface area (Å²) in [6, 6.07) is 3.86. The summed E-state index contributed by atoms with van der Waals surface area (Å²) < 4.78 is 0. The van der Waals surface area contributed by atoms with Gasteiger partial charge in [-0.1, -0.05) is 0 Å². The topological polar surface area (TPSA) is 39.1 Å². The van der Waals surface area contributed by atoms with Crippen LogP contribution in [0.5, 0.6) is 0 Å². The van der Waals surface area contributed by atoms with Crippen molar-refractivity contribution < 1.29 is 0 Å². The Labute approximate surface area is 112 Å². The van der Waals surface area contributed by atoms with Crippen molar-refractivity contribution in [1.82, 2.24) is 10.2 Å². The first kappa shape index (κ1) is 13.8. The molecule has 0 bridgehead atoms. The van der Waals surface area contributed by atoms with Crippen molar-refractivity contribution in [1.29, 1.82) is 5.26 Å². The SMILES string of the molecule is CC1CCCN1CCCCC(C)(C#N)NC1CC1. The third-order valence-corrected chi connectivity index (χ3v) is 4.41. The van der Waals surface area contributed by atoms with Crippen LogP contribution in [-0.4, -0.2) is 35.6 Å². The van der Waals surface area contributed by atoms with Crippen LogP contribution < -0.4 is 5.32 Å². The van der Waals surface area contributed by atoms with Crippen LogP contribution in [0.2, 0.25) is 0 Å². The molecule has 0 aromatic heterocycles. The zero-order chi connectivity index (χ0) is 13.0. The summed E-state index contributed by atoms with van der Waals surface area (Å²) in [6.07, 6.45) is 8.60. The molecular formula is C15H27N3. The van der Waals surface area contributed by atoms with Crippen molar-refractivity contribution >= 4 is 0 Å². The third kappa shape index (κ3) is 3.96. The molecule has 0 radical (unpaired) electrons. The minimum Gasteiger partial charge on any atom is -0.301 e. The first-order valence-electron chi connectivity index (χ1n) is 7.56. The number of nitrogens with zero attached hydrogens (tertiary/aromatic N) is 2. The Kier molecular flexibility index (Phi) is 4.64. The predicted molar refractivity (Wildman–Crippen MR) is 74.3 cm³/mol. The van der Waals surface area contributed by atoms with Crippen LogP contribution in [0.25, 0.3) is 0 Å². The summed E-state index contributed by atoms with van der Waals surface area (Å²) in [5.74, 6) is 0. The van der Waals surface area contributed by atoms with Gasteiger partial charge < -0.3 is 4.90 Å². The van der Waals surface area contributed by atoms with E-state index in [-0.39, 0.29) is 5.54 Å². The van der Waals surface area contributed by atoms with Crippen LogP contribution in [0.3, 0.4) is 0 Å². The van der Waals surface area contributed by atoms with Gasteiger partial charge in [0.2, 0.25) is 0 Å². The van der Waals surface area contributed by atoms with E-state index in [1.54, 1.807) is 0 Å². The number of hydrogen-bond donors (Lipinski definition) is 1. The Balaban J connectivity index is 1.62.